The highest BCUT2D eigenvalue weighted by Gasteiger charge is 2.13. The number of amides is 1. The number of anilines is 1. The van der Waals surface area contributed by atoms with Crippen LogP contribution < -0.4 is 15.8 Å². The van der Waals surface area contributed by atoms with Crippen LogP contribution >= 0.6 is 0 Å². The molecule has 1 aliphatic heterocycles. The van der Waals surface area contributed by atoms with Crippen LogP contribution in [0.3, 0.4) is 0 Å². The minimum atomic E-state index is -1.19. The molecule has 1 aromatic carbocycles. The van der Waals surface area contributed by atoms with Crippen molar-refractivity contribution < 1.29 is 19.1 Å². The lowest BCUT2D eigenvalue weighted by atomic mass is 10.2. The van der Waals surface area contributed by atoms with Gasteiger partial charge in [0.25, 0.3) is 0 Å². The molecular formula is C15H19N3O5. The molecule has 2 heterocycles. The van der Waals surface area contributed by atoms with Crippen LogP contribution in [0.15, 0.2) is 21.3 Å². The molecule has 0 spiro atoms. The maximum Gasteiger partial charge on any atom is 0.417 e. The molecule has 1 saturated heterocycles. The number of likely N-dealkylation sites (tertiary alicyclic amines) is 1. The molecule has 8 nitrogen and oxygen atoms in total. The van der Waals surface area contributed by atoms with E-state index in [0.29, 0.717) is 29.1 Å². The molecule has 0 unspecified atom stereocenters. The largest absolute Gasteiger partial charge is 0.489 e. The van der Waals surface area contributed by atoms with Crippen molar-refractivity contribution in [1.82, 2.24) is 9.88 Å². The number of rotatable bonds is 6. The van der Waals surface area contributed by atoms with Gasteiger partial charge < -0.3 is 19.2 Å². The minimum absolute atomic E-state index is 0.298. The normalized spacial score (nSPS) is 15.1. The summed E-state index contributed by atoms with van der Waals surface area (Å²) in [5.41, 5.74) is 1.01. The van der Waals surface area contributed by atoms with Gasteiger partial charge in [0, 0.05) is 12.6 Å². The van der Waals surface area contributed by atoms with E-state index in [0.717, 1.165) is 26.1 Å². The Morgan fingerprint density at radius 1 is 1.39 bits per heavy atom. The molecule has 1 amide bonds. The summed E-state index contributed by atoms with van der Waals surface area (Å²) in [6, 6.07) is 3.01. The third-order valence-electron chi connectivity index (χ3n) is 3.81. The summed E-state index contributed by atoms with van der Waals surface area (Å²) in [5, 5.41) is 11.1. The number of nitrogens with zero attached hydrogens (tertiary/aromatic N) is 1. The fourth-order valence-electron chi connectivity index (χ4n) is 2.81. The van der Waals surface area contributed by atoms with Crippen LogP contribution in [-0.2, 0) is 0 Å². The molecule has 3 N–H and O–H groups in total. The van der Waals surface area contributed by atoms with Gasteiger partial charge in [0.2, 0.25) is 0 Å². The molecule has 124 valence electrons. The highest BCUT2D eigenvalue weighted by atomic mass is 16.5. The highest BCUT2D eigenvalue weighted by molar-refractivity contribution is 5.89. The fraction of sp³-hybridized carbons (Fsp3) is 0.467. The Morgan fingerprint density at radius 3 is 2.91 bits per heavy atom. The van der Waals surface area contributed by atoms with E-state index >= 15 is 0 Å². The van der Waals surface area contributed by atoms with Crippen molar-refractivity contribution in [3.63, 3.8) is 0 Å². The molecule has 8 heteroatoms. The molecule has 0 atom stereocenters. The Morgan fingerprint density at radius 2 is 2.17 bits per heavy atom. The zero-order valence-corrected chi connectivity index (χ0v) is 12.6. The molecule has 23 heavy (non-hydrogen) atoms. The van der Waals surface area contributed by atoms with E-state index in [1.807, 2.05) is 0 Å². The molecule has 2 aromatic rings. The summed E-state index contributed by atoms with van der Waals surface area (Å²) in [6.07, 6.45) is 2.17. The Bertz CT molecular complexity index is 745. The highest BCUT2D eigenvalue weighted by Crippen LogP contribution is 2.28. The number of oxazole rings is 1. The van der Waals surface area contributed by atoms with E-state index in [1.165, 1.54) is 25.0 Å². The first-order valence-electron chi connectivity index (χ1n) is 7.64. The number of aromatic amines is 1. The van der Waals surface area contributed by atoms with Gasteiger partial charge in [0.1, 0.15) is 0 Å². The number of fused-ring (bicyclic) bond motifs is 1. The Hall–Kier alpha value is -2.48. The summed E-state index contributed by atoms with van der Waals surface area (Å²) in [7, 11) is 0. The zero-order valence-electron chi connectivity index (χ0n) is 12.6. The SMILES string of the molecule is O=C(O)Nc1cc(OCCCN2CCCC2)c2oc(=O)[nH]c2c1. The van der Waals surface area contributed by atoms with Crippen LogP contribution in [0.1, 0.15) is 19.3 Å². The number of carboxylic acid groups (broad SMARTS) is 1. The average Bonchev–Trinajstić information content (AvgIpc) is 3.11. The number of benzene rings is 1. The van der Waals surface area contributed by atoms with E-state index in [9.17, 15) is 9.59 Å². The molecule has 0 bridgehead atoms. The Kier molecular flexibility index (Phi) is 4.52. The van der Waals surface area contributed by atoms with Gasteiger partial charge in [0.05, 0.1) is 17.8 Å². The van der Waals surface area contributed by atoms with Crippen molar-refractivity contribution in [2.45, 2.75) is 19.3 Å². The van der Waals surface area contributed by atoms with Gasteiger partial charge in [-0.1, -0.05) is 0 Å². The second-order valence-electron chi connectivity index (χ2n) is 5.55. The summed E-state index contributed by atoms with van der Waals surface area (Å²) in [6.45, 7) is 3.70. The van der Waals surface area contributed by atoms with Crippen LogP contribution in [0.25, 0.3) is 11.1 Å². The Labute approximate surface area is 132 Å². The lowest BCUT2D eigenvalue weighted by Gasteiger charge is -2.14. The topological polar surface area (TPSA) is 108 Å². The van der Waals surface area contributed by atoms with Crippen LogP contribution in [0.4, 0.5) is 10.5 Å². The number of ether oxygens (including phenoxy) is 1. The third kappa shape index (κ3) is 3.84. The summed E-state index contributed by atoms with van der Waals surface area (Å²) >= 11 is 0. The van der Waals surface area contributed by atoms with Crippen LogP contribution in [0.5, 0.6) is 5.75 Å². The standard InChI is InChI=1S/C15H19N3O5/c19-14(20)16-10-8-11-13(23-15(21)17-11)12(9-10)22-7-3-6-18-4-1-2-5-18/h8-9,16H,1-7H2,(H,17,21)(H,19,20). The molecular weight excluding hydrogens is 302 g/mol. The van der Waals surface area contributed by atoms with E-state index in [-0.39, 0.29) is 0 Å². The molecule has 0 saturated carbocycles. The number of hydrogen-bond donors (Lipinski definition) is 3. The number of aromatic nitrogens is 1. The molecule has 1 aromatic heterocycles. The lowest BCUT2D eigenvalue weighted by molar-refractivity contribution is 0.209. The van der Waals surface area contributed by atoms with E-state index in [4.69, 9.17) is 14.3 Å². The first kappa shape index (κ1) is 15.4. The van der Waals surface area contributed by atoms with Crippen molar-refractivity contribution in [3.05, 3.63) is 22.7 Å². The predicted molar refractivity (Wildman–Crippen MR) is 84.3 cm³/mol. The van der Waals surface area contributed by atoms with Crippen molar-refractivity contribution in [2.24, 2.45) is 0 Å². The molecule has 0 aliphatic carbocycles. The van der Waals surface area contributed by atoms with Crippen LogP contribution in [0.2, 0.25) is 0 Å². The third-order valence-corrected chi connectivity index (χ3v) is 3.81. The van der Waals surface area contributed by atoms with Gasteiger partial charge in [-0.25, -0.2) is 9.59 Å². The van der Waals surface area contributed by atoms with Crippen LogP contribution in [0, 0.1) is 0 Å². The monoisotopic (exact) mass is 321 g/mol. The maximum atomic E-state index is 11.4. The number of H-pyrrole nitrogens is 1. The van der Waals surface area contributed by atoms with E-state index in [2.05, 4.69) is 15.2 Å². The van der Waals surface area contributed by atoms with Crippen molar-refractivity contribution in [2.75, 3.05) is 31.6 Å². The second kappa shape index (κ2) is 6.74. The van der Waals surface area contributed by atoms with Crippen molar-refractivity contribution in [3.8, 4) is 5.75 Å². The minimum Gasteiger partial charge on any atom is -0.489 e. The summed E-state index contributed by atoms with van der Waals surface area (Å²) < 4.78 is 10.8. The van der Waals surface area contributed by atoms with E-state index < -0.39 is 11.8 Å². The first-order valence-corrected chi connectivity index (χ1v) is 7.64. The number of carbonyl (C=O) groups is 1. The van der Waals surface area contributed by atoms with Gasteiger partial charge in [-0.2, -0.15) is 0 Å². The fourth-order valence-corrected chi connectivity index (χ4v) is 2.81. The van der Waals surface area contributed by atoms with Gasteiger partial charge in [-0.05, 0) is 38.4 Å². The maximum absolute atomic E-state index is 11.4. The summed E-state index contributed by atoms with van der Waals surface area (Å²) in [5.74, 6) is -0.250. The number of hydrogen-bond acceptors (Lipinski definition) is 5. The smallest absolute Gasteiger partial charge is 0.417 e. The van der Waals surface area contributed by atoms with E-state index in [1.54, 1.807) is 0 Å². The molecule has 0 radical (unpaired) electrons. The molecule has 1 fully saturated rings. The quantitative estimate of drug-likeness (QED) is 0.703. The van der Waals surface area contributed by atoms with Gasteiger partial charge in [-0.3, -0.25) is 10.3 Å². The van der Waals surface area contributed by atoms with Gasteiger partial charge in [-0.15, -0.1) is 0 Å². The number of nitrogens with one attached hydrogen (secondary N) is 2. The predicted octanol–water partition coefficient (Wildman–Crippen LogP) is 2.08. The first-order chi connectivity index (χ1) is 11.1. The molecule has 1 aliphatic rings. The van der Waals surface area contributed by atoms with Crippen molar-refractivity contribution in [1.29, 1.82) is 0 Å². The van der Waals surface area contributed by atoms with Gasteiger partial charge in [0.15, 0.2) is 11.3 Å². The van der Waals surface area contributed by atoms with Crippen LogP contribution in [-0.4, -0.2) is 47.3 Å². The lowest BCUT2D eigenvalue weighted by Crippen LogP contribution is -2.21. The van der Waals surface area contributed by atoms with Crippen molar-refractivity contribution >= 4 is 22.9 Å². The molecule has 3 rings (SSSR count). The van der Waals surface area contributed by atoms with Gasteiger partial charge >= 0.3 is 11.8 Å². The average molecular weight is 321 g/mol. The Balaban J connectivity index is 1.69. The summed E-state index contributed by atoms with van der Waals surface area (Å²) in [4.78, 5) is 27.0. The zero-order chi connectivity index (χ0) is 16.2. The second-order valence-corrected chi connectivity index (χ2v) is 5.55.